The normalized spacial score (nSPS) is 22.1. The molecule has 2 aliphatic rings. The maximum absolute atomic E-state index is 12.3. The van der Waals surface area contributed by atoms with Gasteiger partial charge in [0.05, 0.1) is 18.2 Å². The first-order valence-electron chi connectivity index (χ1n) is 8.99. The number of carbonyl (C=O) groups is 1. The molecule has 6 nitrogen and oxygen atoms in total. The molecule has 1 aromatic rings. The summed E-state index contributed by atoms with van der Waals surface area (Å²) in [6.07, 6.45) is 4.51. The average molecular weight is 335 g/mol. The van der Waals surface area contributed by atoms with Crippen LogP contribution in [0.5, 0.6) is 0 Å². The van der Waals surface area contributed by atoms with E-state index in [1.54, 1.807) is 0 Å². The second-order valence-electron chi connectivity index (χ2n) is 7.39. The number of urea groups is 1. The lowest BCUT2D eigenvalue weighted by Crippen LogP contribution is -2.54. The fraction of sp³-hybridized carbons (Fsp3) is 0.722. The van der Waals surface area contributed by atoms with Crippen LogP contribution in [0.2, 0.25) is 0 Å². The van der Waals surface area contributed by atoms with Crippen molar-refractivity contribution in [2.75, 3.05) is 26.2 Å². The Kier molecular flexibility index (Phi) is 5.15. The molecular weight excluding hydrogens is 306 g/mol. The number of rotatable bonds is 7. The lowest BCUT2D eigenvalue weighted by molar-refractivity contribution is 0.152. The van der Waals surface area contributed by atoms with E-state index in [0.29, 0.717) is 12.5 Å². The van der Waals surface area contributed by atoms with Crippen molar-refractivity contribution in [2.45, 2.75) is 51.1 Å². The highest BCUT2D eigenvalue weighted by molar-refractivity contribution is 5.75. The number of nitrogens with one attached hydrogen (secondary N) is 2. The molecular formula is C18H29N3O3. The molecule has 3 N–H and O–H groups in total. The van der Waals surface area contributed by atoms with E-state index >= 15 is 0 Å². The van der Waals surface area contributed by atoms with Crippen LogP contribution in [-0.4, -0.2) is 47.8 Å². The molecule has 1 aromatic heterocycles. The Morgan fingerprint density at radius 1 is 1.42 bits per heavy atom. The van der Waals surface area contributed by atoms with Gasteiger partial charge in [0.25, 0.3) is 0 Å². The van der Waals surface area contributed by atoms with Gasteiger partial charge in [-0.25, -0.2) is 4.79 Å². The summed E-state index contributed by atoms with van der Waals surface area (Å²) in [6.45, 7) is 6.39. The van der Waals surface area contributed by atoms with E-state index < -0.39 is 5.54 Å². The van der Waals surface area contributed by atoms with E-state index in [4.69, 9.17) is 4.42 Å². The maximum atomic E-state index is 12.3. The fourth-order valence-corrected chi connectivity index (χ4v) is 3.58. The van der Waals surface area contributed by atoms with Crippen LogP contribution in [0.25, 0.3) is 0 Å². The molecule has 0 radical (unpaired) electrons. The number of amides is 2. The SMILES string of the molecule is Cc1ccc(C(CNC(=O)NC(C)(CO)C2CC2)N2CCCC2)o1. The van der Waals surface area contributed by atoms with Crippen molar-refractivity contribution >= 4 is 6.03 Å². The number of nitrogens with zero attached hydrogens (tertiary/aromatic N) is 1. The first-order chi connectivity index (χ1) is 11.5. The summed E-state index contributed by atoms with van der Waals surface area (Å²) in [6, 6.07) is 3.81. The Labute approximate surface area is 143 Å². The van der Waals surface area contributed by atoms with Crippen LogP contribution in [0.1, 0.15) is 50.2 Å². The summed E-state index contributed by atoms with van der Waals surface area (Å²) in [5.74, 6) is 2.18. The topological polar surface area (TPSA) is 77.7 Å². The molecule has 1 aliphatic heterocycles. The Morgan fingerprint density at radius 2 is 2.12 bits per heavy atom. The van der Waals surface area contributed by atoms with Crippen molar-refractivity contribution in [2.24, 2.45) is 5.92 Å². The summed E-state index contributed by atoms with van der Waals surface area (Å²) in [5, 5.41) is 15.5. The van der Waals surface area contributed by atoms with Gasteiger partial charge in [-0.15, -0.1) is 0 Å². The van der Waals surface area contributed by atoms with E-state index in [0.717, 1.165) is 37.5 Å². The number of carbonyl (C=O) groups excluding carboxylic acids is 1. The van der Waals surface area contributed by atoms with Gasteiger partial charge >= 0.3 is 6.03 Å². The summed E-state index contributed by atoms with van der Waals surface area (Å²) in [5.41, 5.74) is -0.519. The Bertz CT molecular complexity index is 564. The van der Waals surface area contributed by atoms with Crippen LogP contribution in [0.15, 0.2) is 16.5 Å². The van der Waals surface area contributed by atoms with Crippen LogP contribution in [0.4, 0.5) is 4.79 Å². The van der Waals surface area contributed by atoms with Gasteiger partial charge in [0.15, 0.2) is 0 Å². The molecule has 134 valence electrons. The first kappa shape index (κ1) is 17.3. The molecule has 0 spiro atoms. The highest BCUT2D eigenvalue weighted by atomic mass is 16.3. The predicted octanol–water partition coefficient (Wildman–Crippen LogP) is 2.19. The number of aryl methyl sites for hydroxylation is 1. The third kappa shape index (κ3) is 3.92. The summed E-state index contributed by atoms with van der Waals surface area (Å²) < 4.78 is 5.81. The molecule has 1 saturated carbocycles. The number of hydrogen-bond donors (Lipinski definition) is 3. The van der Waals surface area contributed by atoms with Crippen molar-refractivity contribution in [1.82, 2.24) is 15.5 Å². The minimum absolute atomic E-state index is 0.0297. The monoisotopic (exact) mass is 335 g/mol. The predicted molar refractivity (Wildman–Crippen MR) is 91.7 cm³/mol. The van der Waals surface area contributed by atoms with E-state index in [9.17, 15) is 9.90 Å². The quantitative estimate of drug-likeness (QED) is 0.714. The number of likely N-dealkylation sites (tertiary alicyclic amines) is 1. The zero-order valence-electron chi connectivity index (χ0n) is 14.7. The van der Waals surface area contributed by atoms with Crippen molar-refractivity contribution < 1.29 is 14.3 Å². The van der Waals surface area contributed by atoms with Gasteiger partial charge in [0.1, 0.15) is 11.5 Å². The standard InChI is InChI=1S/C18H29N3O3/c1-13-5-8-16(24-13)15(21-9-3-4-10-21)11-19-17(23)20-18(2,12-22)14-6-7-14/h5,8,14-15,22H,3-4,6-7,9-12H2,1-2H3,(H2,19,20,23). The highest BCUT2D eigenvalue weighted by Crippen LogP contribution is 2.39. The smallest absolute Gasteiger partial charge is 0.315 e. The minimum Gasteiger partial charge on any atom is -0.465 e. The second-order valence-corrected chi connectivity index (χ2v) is 7.39. The van der Waals surface area contributed by atoms with Gasteiger partial charge in [-0.05, 0) is 70.7 Å². The highest BCUT2D eigenvalue weighted by Gasteiger charge is 2.42. The molecule has 3 rings (SSSR count). The molecule has 24 heavy (non-hydrogen) atoms. The third-order valence-corrected chi connectivity index (χ3v) is 5.33. The van der Waals surface area contributed by atoms with Gasteiger partial charge < -0.3 is 20.2 Å². The first-order valence-corrected chi connectivity index (χ1v) is 8.99. The van der Waals surface area contributed by atoms with Crippen LogP contribution in [0.3, 0.4) is 0 Å². The van der Waals surface area contributed by atoms with Crippen molar-refractivity contribution in [3.05, 3.63) is 23.7 Å². The zero-order chi connectivity index (χ0) is 17.2. The van der Waals surface area contributed by atoms with E-state index in [2.05, 4.69) is 15.5 Å². The number of furan rings is 1. The zero-order valence-corrected chi connectivity index (χ0v) is 14.7. The van der Waals surface area contributed by atoms with E-state index in [-0.39, 0.29) is 18.7 Å². The van der Waals surface area contributed by atoms with E-state index in [1.165, 1.54) is 12.8 Å². The van der Waals surface area contributed by atoms with Gasteiger partial charge in [-0.1, -0.05) is 0 Å². The molecule has 6 heteroatoms. The van der Waals surface area contributed by atoms with Crippen molar-refractivity contribution in [1.29, 1.82) is 0 Å². The molecule has 2 heterocycles. The fourth-order valence-electron chi connectivity index (χ4n) is 3.58. The van der Waals surface area contributed by atoms with Crippen molar-refractivity contribution in [3.63, 3.8) is 0 Å². The summed E-state index contributed by atoms with van der Waals surface area (Å²) in [7, 11) is 0. The molecule has 1 saturated heterocycles. The molecule has 0 aromatic carbocycles. The Hall–Kier alpha value is -1.53. The lowest BCUT2D eigenvalue weighted by atomic mass is 9.97. The van der Waals surface area contributed by atoms with Crippen LogP contribution in [0, 0.1) is 12.8 Å². The van der Waals surface area contributed by atoms with Gasteiger partial charge in [-0.3, -0.25) is 4.90 Å². The van der Waals surface area contributed by atoms with Gasteiger partial charge in [0, 0.05) is 6.54 Å². The van der Waals surface area contributed by atoms with Gasteiger partial charge in [-0.2, -0.15) is 0 Å². The molecule has 0 bridgehead atoms. The summed E-state index contributed by atoms with van der Waals surface area (Å²) in [4.78, 5) is 14.7. The third-order valence-electron chi connectivity index (χ3n) is 5.33. The minimum atomic E-state index is -0.519. The number of aliphatic hydroxyl groups is 1. The van der Waals surface area contributed by atoms with Crippen LogP contribution in [-0.2, 0) is 0 Å². The van der Waals surface area contributed by atoms with Gasteiger partial charge in [0.2, 0.25) is 0 Å². The molecule has 1 aliphatic carbocycles. The second kappa shape index (κ2) is 7.15. The number of aliphatic hydroxyl groups excluding tert-OH is 1. The summed E-state index contributed by atoms with van der Waals surface area (Å²) >= 11 is 0. The average Bonchev–Trinajstić information content (AvgIpc) is 3.13. The lowest BCUT2D eigenvalue weighted by Gasteiger charge is -2.30. The Morgan fingerprint density at radius 3 is 2.67 bits per heavy atom. The molecule has 2 amide bonds. The number of hydrogen-bond acceptors (Lipinski definition) is 4. The maximum Gasteiger partial charge on any atom is 0.315 e. The van der Waals surface area contributed by atoms with Crippen LogP contribution < -0.4 is 10.6 Å². The molecule has 2 atom stereocenters. The van der Waals surface area contributed by atoms with Crippen LogP contribution >= 0.6 is 0 Å². The van der Waals surface area contributed by atoms with Crippen molar-refractivity contribution in [3.8, 4) is 0 Å². The largest absolute Gasteiger partial charge is 0.465 e. The molecule has 2 unspecified atom stereocenters. The molecule has 2 fully saturated rings. The van der Waals surface area contributed by atoms with E-state index in [1.807, 2.05) is 26.0 Å². The Balaban J connectivity index is 1.59.